The number of hydrogen-bond acceptors (Lipinski definition) is 4. The molecule has 20 heavy (non-hydrogen) atoms. The lowest BCUT2D eigenvalue weighted by Crippen LogP contribution is -2.26. The molecule has 3 rings (SSSR count). The summed E-state index contributed by atoms with van der Waals surface area (Å²) in [6.45, 7) is 3.41. The minimum atomic E-state index is -0.115. The summed E-state index contributed by atoms with van der Waals surface area (Å²) in [6.07, 6.45) is 3.33. The third-order valence-corrected chi connectivity index (χ3v) is 3.24. The topological polar surface area (TPSA) is 62.1 Å². The monoisotopic (exact) mass is 269 g/mol. The zero-order valence-corrected chi connectivity index (χ0v) is 11.2. The van der Waals surface area contributed by atoms with Crippen molar-refractivity contribution in [2.45, 2.75) is 13.5 Å². The van der Waals surface area contributed by atoms with E-state index in [0.29, 0.717) is 23.4 Å². The summed E-state index contributed by atoms with van der Waals surface area (Å²) in [6, 6.07) is 9.24. The normalized spacial score (nSPS) is 10.8. The van der Waals surface area contributed by atoms with E-state index in [4.69, 9.17) is 4.42 Å². The van der Waals surface area contributed by atoms with Crippen LogP contribution in [0.25, 0.3) is 10.9 Å². The molecular formula is C15H15N3O2. The number of aromatic amines is 1. The maximum Gasteiger partial charge on any atom is 0.260 e. The van der Waals surface area contributed by atoms with Crippen molar-refractivity contribution in [3.63, 3.8) is 0 Å². The van der Waals surface area contributed by atoms with Crippen LogP contribution in [0.15, 0.2) is 52.1 Å². The Bertz CT molecular complexity index is 762. The Morgan fingerprint density at radius 2 is 2.15 bits per heavy atom. The molecule has 0 radical (unpaired) electrons. The van der Waals surface area contributed by atoms with Crippen LogP contribution in [-0.4, -0.2) is 16.5 Å². The van der Waals surface area contributed by atoms with Gasteiger partial charge in [-0.15, -0.1) is 0 Å². The predicted octanol–water partition coefficient (Wildman–Crippen LogP) is 2.54. The van der Waals surface area contributed by atoms with E-state index in [0.717, 1.165) is 12.1 Å². The van der Waals surface area contributed by atoms with E-state index in [-0.39, 0.29) is 5.56 Å². The van der Waals surface area contributed by atoms with Gasteiger partial charge in [0.2, 0.25) is 5.95 Å². The minimum absolute atomic E-state index is 0.115. The fourth-order valence-corrected chi connectivity index (χ4v) is 2.16. The molecule has 1 N–H and O–H groups in total. The van der Waals surface area contributed by atoms with Crippen LogP contribution in [0.1, 0.15) is 12.5 Å². The zero-order chi connectivity index (χ0) is 13.9. The molecule has 0 saturated carbocycles. The summed E-state index contributed by atoms with van der Waals surface area (Å²) in [5.41, 5.74) is 1.63. The first kappa shape index (κ1) is 12.5. The number of hydrogen-bond donors (Lipinski definition) is 1. The smallest absolute Gasteiger partial charge is 0.260 e. The number of rotatable bonds is 4. The van der Waals surface area contributed by atoms with Crippen LogP contribution in [0, 0.1) is 0 Å². The molecule has 0 aliphatic heterocycles. The van der Waals surface area contributed by atoms with Crippen LogP contribution in [0.3, 0.4) is 0 Å². The Kier molecular flexibility index (Phi) is 3.25. The van der Waals surface area contributed by atoms with Gasteiger partial charge >= 0.3 is 0 Å². The van der Waals surface area contributed by atoms with Crippen LogP contribution in [0.5, 0.6) is 0 Å². The Hall–Kier alpha value is -2.56. The average Bonchev–Trinajstić information content (AvgIpc) is 2.97. The molecule has 2 aromatic heterocycles. The second-order valence-corrected chi connectivity index (χ2v) is 4.55. The summed E-state index contributed by atoms with van der Waals surface area (Å²) in [4.78, 5) is 21.5. The first-order valence-electron chi connectivity index (χ1n) is 6.53. The number of nitrogens with zero attached hydrogens (tertiary/aromatic N) is 2. The molecule has 3 aromatic rings. The van der Waals surface area contributed by atoms with Crippen molar-refractivity contribution in [1.29, 1.82) is 0 Å². The van der Waals surface area contributed by atoms with Crippen LogP contribution in [0.4, 0.5) is 5.95 Å². The van der Waals surface area contributed by atoms with Gasteiger partial charge in [0, 0.05) is 18.7 Å². The lowest BCUT2D eigenvalue weighted by atomic mass is 10.2. The van der Waals surface area contributed by atoms with Crippen molar-refractivity contribution < 1.29 is 4.42 Å². The first-order valence-corrected chi connectivity index (χ1v) is 6.53. The molecule has 0 amide bonds. The summed E-state index contributed by atoms with van der Waals surface area (Å²) in [7, 11) is 0. The lowest BCUT2D eigenvalue weighted by Gasteiger charge is -2.20. The summed E-state index contributed by atoms with van der Waals surface area (Å²) < 4.78 is 5.07. The minimum Gasteiger partial charge on any atom is -0.472 e. The van der Waals surface area contributed by atoms with E-state index < -0.39 is 0 Å². The van der Waals surface area contributed by atoms with Crippen molar-refractivity contribution in [2.75, 3.05) is 11.4 Å². The predicted molar refractivity (Wildman–Crippen MR) is 77.8 cm³/mol. The SMILES string of the molecule is CCN(Cc1ccoc1)c1nc2ccccc2c(=O)[nH]1. The molecule has 0 aliphatic rings. The molecule has 0 bridgehead atoms. The fraction of sp³-hybridized carbons (Fsp3) is 0.200. The number of nitrogens with one attached hydrogen (secondary N) is 1. The second-order valence-electron chi connectivity index (χ2n) is 4.55. The molecule has 0 fully saturated rings. The Morgan fingerprint density at radius 1 is 1.30 bits per heavy atom. The zero-order valence-electron chi connectivity index (χ0n) is 11.2. The molecule has 2 heterocycles. The van der Waals surface area contributed by atoms with Gasteiger partial charge in [-0.3, -0.25) is 9.78 Å². The van der Waals surface area contributed by atoms with Crippen molar-refractivity contribution >= 4 is 16.9 Å². The van der Waals surface area contributed by atoms with Gasteiger partial charge in [-0.05, 0) is 25.1 Å². The molecule has 0 saturated heterocycles. The van der Waals surface area contributed by atoms with E-state index in [1.807, 2.05) is 36.1 Å². The second kappa shape index (κ2) is 5.21. The van der Waals surface area contributed by atoms with Gasteiger partial charge in [0.05, 0.1) is 23.4 Å². The number of H-pyrrole nitrogens is 1. The Morgan fingerprint density at radius 3 is 2.90 bits per heavy atom. The summed E-state index contributed by atoms with van der Waals surface area (Å²) in [5, 5.41) is 0.607. The number of furan rings is 1. The number of anilines is 1. The van der Waals surface area contributed by atoms with Gasteiger partial charge in [-0.1, -0.05) is 12.1 Å². The number of para-hydroxylation sites is 1. The van der Waals surface area contributed by atoms with Gasteiger partial charge in [-0.2, -0.15) is 0 Å². The summed E-state index contributed by atoms with van der Waals surface area (Å²) in [5.74, 6) is 0.581. The number of benzene rings is 1. The van der Waals surface area contributed by atoms with Gasteiger partial charge < -0.3 is 9.32 Å². The van der Waals surface area contributed by atoms with Gasteiger partial charge in [0.25, 0.3) is 5.56 Å². The third-order valence-electron chi connectivity index (χ3n) is 3.24. The van der Waals surface area contributed by atoms with Crippen LogP contribution in [0.2, 0.25) is 0 Å². The quantitative estimate of drug-likeness (QED) is 0.790. The molecule has 0 aliphatic carbocycles. The van der Waals surface area contributed by atoms with E-state index in [1.165, 1.54) is 0 Å². The molecule has 0 spiro atoms. The van der Waals surface area contributed by atoms with Crippen molar-refractivity contribution in [2.24, 2.45) is 0 Å². The highest BCUT2D eigenvalue weighted by Gasteiger charge is 2.10. The standard InChI is InChI=1S/C15H15N3O2/c1-2-18(9-11-7-8-20-10-11)15-16-13-6-4-3-5-12(13)14(19)17-15/h3-8,10H,2,9H2,1H3,(H,16,17,19). The Labute approximate surface area is 115 Å². The van der Waals surface area contributed by atoms with E-state index in [1.54, 1.807) is 18.6 Å². The van der Waals surface area contributed by atoms with Gasteiger partial charge in [0.1, 0.15) is 0 Å². The van der Waals surface area contributed by atoms with Gasteiger partial charge in [-0.25, -0.2) is 4.98 Å². The van der Waals surface area contributed by atoms with Crippen molar-refractivity contribution in [3.05, 3.63) is 58.8 Å². The van der Waals surface area contributed by atoms with E-state index >= 15 is 0 Å². The molecular weight excluding hydrogens is 254 g/mol. The Balaban J connectivity index is 2.01. The highest BCUT2D eigenvalue weighted by molar-refractivity contribution is 5.78. The molecule has 0 atom stereocenters. The number of aromatic nitrogens is 2. The molecule has 5 nitrogen and oxygen atoms in total. The van der Waals surface area contributed by atoms with Gasteiger partial charge in [0.15, 0.2) is 0 Å². The lowest BCUT2D eigenvalue weighted by molar-refractivity contribution is 0.563. The first-order chi connectivity index (χ1) is 9.78. The fourth-order valence-electron chi connectivity index (χ4n) is 2.16. The van der Waals surface area contributed by atoms with Crippen molar-refractivity contribution in [1.82, 2.24) is 9.97 Å². The largest absolute Gasteiger partial charge is 0.472 e. The maximum absolute atomic E-state index is 12.1. The highest BCUT2D eigenvalue weighted by atomic mass is 16.3. The third kappa shape index (κ3) is 2.30. The van der Waals surface area contributed by atoms with Crippen LogP contribution >= 0.6 is 0 Å². The molecule has 5 heteroatoms. The molecule has 1 aromatic carbocycles. The van der Waals surface area contributed by atoms with Crippen molar-refractivity contribution in [3.8, 4) is 0 Å². The molecule has 102 valence electrons. The maximum atomic E-state index is 12.1. The summed E-state index contributed by atoms with van der Waals surface area (Å²) >= 11 is 0. The van der Waals surface area contributed by atoms with E-state index in [9.17, 15) is 4.79 Å². The highest BCUT2D eigenvalue weighted by Crippen LogP contribution is 2.14. The van der Waals surface area contributed by atoms with E-state index in [2.05, 4.69) is 9.97 Å². The average molecular weight is 269 g/mol. The van der Waals surface area contributed by atoms with Crippen LogP contribution in [-0.2, 0) is 6.54 Å². The molecule has 0 unspecified atom stereocenters. The van der Waals surface area contributed by atoms with Crippen LogP contribution < -0.4 is 10.5 Å². The number of fused-ring (bicyclic) bond motifs is 1.